The second-order valence-electron chi connectivity index (χ2n) is 2.96. The van der Waals surface area contributed by atoms with E-state index in [0.29, 0.717) is 18.9 Å². The summed E-state index contributed by atoms with van der Waals surface area (Å²) in [5.74, 6) is -0.427. The van der Waals surface area contributed by atoms with Gasteiger partial charge < -0.3 is 9.64 Å². The van der Waals surface area contributed by atoms with Gasteiger partial charge in [-0.3, -0.25) is 4.79 Å². The molecule has 1 amide bonds. The third kappa shape index (κ3) is 1.71. The van der Waals surface area contributed by atoms with E-state index in [1.807, 2.05) is 4.90 Å². The molecule has 0 radical (unpaired) electrons. The lowest BCUT2D eigenvalue weighted by Gasteiger charge is -2.30. The Morgan fingerprint density at radius 2 is 2.14 bits per heavy atom. The van der Waals surface area contributed by atoms with Gasteiger partial charge in [0.25, 0.3) is 0 Å². The molecule has 14 heavy (non-hydrogen) atoms. The van der Waals surface area contributed by atoms with E-state index in [2.05, 4.69) is 10.2 Å². The van der Waals surface area contributed by atoms with Crippen molar-refractivity contribution >= 4 is 23.0 Å². The molecule has 0 spiro atoms. The van der Waals surface area contributed by atoms with Gasteiger partial charge in [0.05, 0.1) is 25.1 Å². The van der Waals surface area contributed by atoms with Crippen LogP contribution in [-0.2, 0) is 9.53 Å². The number of hydrogen-bond acceptors (Lipinski definition) is 5. The highest BCUT2D eigenvalue weighted by atomic mass is 32.1. The van der Waals surface area contributed by atoms with Crippen molar-refractivity contribution in [2.45, 2.75) is 0 Å². The number of morpholine rings is 1. The zero-order chi connectivity index (χ0) is 9.97. The number of carbonyl (C=O) groups is 1. The van der Waals surface area contributed by atoms with Gasteiger partial charge in [-0.15, -0.1) is 5.11 Å². The van der Waals surface area contributed by atoms with E-state index < -0.39 is 5.91 Å². The van der Waals surface area contributed by atoms with Gasteiger partial charge in [-0.1, -0.05) is 12.2 Å². The number of thiocarbonyl (C=S) groups is 1. The highest BCUT2D eigenvalue weighted by Gasteiger charge is 2.23. The Labute approximate surface area is 86.4 Å². The molecule has 2 heterocycles. The molecule has 2 rings (SSSR count). The molecule has 0 N–H and O–H groups in total. The Morgan fingerprint density at radius 3 is 2.86 bits per heavy atom. The lowest BCUT2D eigenvalue weighted by atomic mass is 10.2. The number of hydrogen-bond donors (Lipinski definition) is 0. The molecular formula is C8H9N3O2S. The first-order valence-corrected chi connectivity index (χ1v) is 4.72. The van der Waals surface area contributed by atoms with Crippen molar-refractivity contribution < 1.29 is 9.53 Å². The average molecular weight is 211 g/mol. The van der Waals surface area contributed by atoms with Crippen LogP contribution in [0.5, 0.6) is 0 Å². The standard InChI is InChI=1S/C8H9N3O2S/c12-8-7(14)6(5-9-10-8)11-1-3-13-4-2-11/h5H,1-4H2. The van der Waals surface area contributed by atoms with Crippen molar-refractivity contribution in [1.29, 1.82) is 0 Å². The fourth-order valence-electron chi connectivity index (χ4n) is 1.38. The normalized spacial score (nSPS) is 22.6. The number of rotatable bonds is 1. The van der Waals surface area contributed by atoms with Gasteiger partial charge in [-0.05, 0) is 0 Å². The second-order valence-corrected chi connectivity index (χ2v) is 3.37. The molecule has 1 fully saturated rings. The maximum Gasteiger partial charge on any atom is 0.308 e. The number of carbonyl (C=O) groups excluding carboxylic acids is 1. The van der Waals surface area contributed by atoms with Crippen LogP contribution in [0.25, 0.3) is 0 Å². The van der Waals surface area contributed by atoms with E-state index in [0.717, 1.165) is 13.1 Å². The van der Waals surface area contributed by atoms with Crippen molar-refractivity contribution in [3.05, 3.63) is 11.9 Å². The van der Waals surface area contributed by atoms with Crippen LogP contribution in [0.4, 0.5) is 0 Å². The van der Waals surface area contributed by atoms with Crippen molar-refractivity contribution in [1.82, 2.24) is 4.90 Å². The van der Waals surface area contributed by atoms with Crippen LogP contribution in [0.2, 0.25) is 0 Å². The smallest absolute Gasteiger partial charge is 0.308 e. The Hall–Kier alpha value is -1.14. The molecule has 0 aliphatic carbocycles. The molecular weight excluding hydrogens is 202 g/mol. The first kappa shape index (κ1) is 9.42. The predicted molar refractivity (Wildman–Crippen MR) is 52.9 cm³/mol. The molecule has 0 aromatic heterocycles. The van der Waals surface area contributed by atoms with Crippen LogP contribution in [-0.4, -0.2) is 42.0 Å². The van der Waals surface area contributed by atoms with E-state index in [1.54, 1.807) is 0 Å². The minimum atomic E-state index is -0.427. The number of amides is 1. The Kier molecular flexibility index (Phi) is 2.64. The van der Waals surface area contributed by atoms with Crippen LogP contribution >= 0.6 is 12.2 Å². The van der Waals surface area contributed by atoms with Gasteiger partial charge in [0.1, 0.15) is 4.86 Å². The van der Waals surface area contributed by atoms with Gasteiger partial charge in [-0.25, -0.2) is 0 Å². The number of ether oxygens (including phenoxy) is 1. The molecule has 6 heteroatoms. The SMILES string of the molecule is O=C1N=NC=C(N2CCOCC2)C1=S. The zero-order valence-corrected chi connectivity index (χ0v) is 8.29. The maximum absolute atomic E-state index is 11.1. The summed E-state index contributed by atoms with van der Waals surface area (Å²) >= 11 is 4.98. The van der Waals surface area contributed by atoms with Crippen LogP contribution < -0.4 is 0 Å². The summed E-state index contributed by atoms with van der Waals surface area (Å²) < 4.78 is 5.20. The molecule has 74 valence electrons. The molecule has 0 aromatic carbocycles. The van der Waals surface area contributed by atoms with Crippen molar-refractivity contribution in [2.75, 3.05) is 26.3 Å². The summed E-state index contributed by atoms with van der Waals surface area (Å²) in [6.45, 7) is 2.81. The highest BCUT2D eigenvalue weighted by Crippen LogP contribution is 2.14. The second kappa shape index (κ2) is 3.93. The Morgan fingerprint density at radius 1 is 1.43 bits per heavy atom. The van der Waals surface area contributed by atoms with Crippen LogP contribution in [0.3, 0.4) is 0 Å². The fourth-order valence-corrected chi connectivity index (χ4v) is 1.60. The first-order valence-electron chi connectivity index (χ1n) is 4.31. The Bertz CT molecular complexity index is 331. The summed E-state index contributed by atoms with van der Waals surface area (Å²) in [5, 5.41) is 6.98. The monoisotopic (exact) mass is 211 g/mol. The third-order valence-electron chi connectivity index (χ3n) is 2.11. The van der Waals surface area contributed by atoms with Crippen LogP contribution in [0.15, 0.2) is 22.1 Å². The minimum absolute atomic E-state index is 0.252. The molecule has 2 aliphatic heterocycles. The third-order valence-corrected chi connectivity index (χ3v) is 2.49. The largest absolute Gasteiger partial charge is 0.378 e. The molecule has 0 saturated carbocycles. The molecule has 2 aliphatic rings. The van der Waals surface area contributed by atoms with Crippen LogP contribution in [0, 0.1) is 0 Å². The molecule has 0 aromatic rings. The van der Waals surface area contributed by atoms with E-state index in [9.17, 15) is 4.79 Å². The highest BCUT2D eigenvalue weighted by molar-refractivity contribution is 7.82. The minimum Gasteiger partial charge on any atom is -0.378 e. The lowest BCUT2D eigenvalue weighted by molar-refractivity contribution is -0.112. The summed E-state index contributed by atoms with van der Waals surface area (Å²) in [7, 11) is 0. The van der Waals surface area contributed by atoms with E-state index >= 15 is 0 Å². The number of azo groups is 1. The molecule has 0 unspecified atom stereocenters. The zero-order valence-electron chi connectivity index (χ0n) is 7.47. The topological polar surface area (TPSA) is 54.3 Å². The summed E-state index contributed by atoms with van der Waals surface area (Å²) in [5.41, 5.74) is 0.698. The van der Waals surface area contributed by atoms with Crippen molar-refractivity contribution in [3.63, 3.8) is 0 Å². The maximum atomic E-state index is 11.1. The fraction of sp³-hybridized carbons (Fsp3) is 0.500. The van der Waals surface area contributed by atoms with Crippen molar-refractivity contribution in [2.24, 2.45) is 10.2 Å². The molecule has 0 bridgehead atoms. The summed E-state index contributed by atoms with van der Waals surface area (Å²) in [4.78, 5) is 13.4. The van der Waals surface area contributed by atoms with E-state index in [1.165, 1.54) is 6.20 Å². The van der Waals surface area contributed by atoms with Gasteiger partial charge >= 0.3 is 5.91 Å². The lowest BCUT2D eigenvalue weighted by Crippen LogP contribution is -2.39. The molecule has 5 nitrogen and oxygen atoms in total. The number of nitrogens with zero attached hydrogens (tertiary/aromatic N) is 3. The van der Waals surface area contributed by atoms with Crippen LogP contribution in [0.1, 0.15) is 0 Å². The van der Waals surface area contributed by atoms with E-state index in [-0.39, 0.29) is 4.86 Å². The van der Waals surface area contributed by atoms with Gasteiger partial charge in [0.2, 0.25) is 0 Å². The predicted octanol–water partition coefficient (Wildman–Crippen LogP) is 0.522. The van der Waals surface area contributed by atoms with Gasteiger partial charge in [-0.2, -0.15) is 5.11 Å². The molecule has 0 atom stereocenters. The van der Waals surface area contributed by atoms with Gasteiger partial charge in [0.15, 0.2) is 0 Å². The average Bonchev–Trinajstić information content (AvgIpc) is 2.23. The van der Waals surface area contributed by atoms with Crippen molar-refractivity contribution in [3.8, 4) is 0 Å². The summed E-state index contributed by atoms with van der Waals surface area (Å²) in [6.07, 6.45) is 1.54. The van der Waals surface area contributed by atoms with Gasteiger partial charge in [0, 0.05) is 13.1 Å². The Balaban J connectivity index is 2.16. The first-order chi connectivity index (χ1) is 6.79. The molecule has 1 saturated heterocycles. The summed E-state index contributed by atoms with van der Waals surface area (Å²) in [6, 6.07) is 0. The quantitative estimate of drug-likeness (QED) is 0.593. The van der Waals surface area contributed by atoms with E-state index in [4.69, 9.17) is 17.0 Å².